The lowest BCUT2D eigenvalue weighted by atomic mass is 10.1. The van der Waals surface area contributed by atoms with E-state index in [1.54, 1.807) is 23.1 Å². The Morgan fingerprint density at radius 3 is 2.43 bits per heavy atom. The van der Waals surface area contributed by atoms with Crippen molar-refractivity contribution in [2.24, 2.45) is 0 Å². The Balaban J connectivity index is 1.48. The molecule has 0 aromatic heterocycles. The molecule has 1 heterocycles. The number of likely N-dealkylation sites (N-methyl/N-ethyl adjacent to an activating group) is 1. The Kier molecular flexibility index (Phi) is 6.99. The summed E-state index contributed by atoms with van der Waals surface area (Å²) in [5.41, 5.74) is 1.67. The fraction of sp³-hybridized carbons (Fsp3) is 0.273. The molecule has 1 N–H and O–H groups in total. The van der Waals surface area contributed by atoms with Gasteiger partial charge in [0.15, 0.2) is 0 Å². The van der Waals surface area contributed by atoms with E-state index in [1.165, 1.54) is 0 Å². The Labute approximate surface area is 183 Å². The number of fused-ring (bicyclic) bond motifs is 1. The maximum absolute atomic E-state index is 12.4. The molecule has 30 heavy (non-hydrogen) atoms. The highest BCUT2D eigenvalue weighted by Gasteiger charge is 2.35. The maximum Gasteiger partial charge on any atom is 0.261 e. The number of carbonyl (C=O) groups excluding carboxylic acids is 4. The predicted molar refractivity (Wildman–Crippen MR) is 115 cm³/mol. The van der Waals surface area contributed by atoms with Crippen molar-refractivity contribution >= 4 is 39.6 Å². The molecule has 2 aromatic rings. The summed E-state index contributed by atoms with van der Waals surface area (Å²) >= 11 is 3.28. The Morgan fingerprint density at radius 1 is 1.03 bits per heavy atom. The van der Waals surface area contributed by atoms with Gasteiger partial charge in [0.05, 0.1) is 17.7 Å². The van der Waals surface area contributed by atoms with Crippen LogP contribution < -0.4 is 5.32 Å². The van der Waals surface area contributed by atoms with Crippen molar-refractivity contribution < 1.29 is 19.2 Å². The highest BCUT2D eigenvalue weighted by Crippen LogP contribution is 2.26. The highest BCUT2D eigenvalue weighted by molar-refractivity contribution is 9.10. The summed E-state index contributed by atoms with van der Waals surface area (Å²) in [6.07, 6.45) is -0.0648. The second-order valence-electron chi connectivity index (χ2n) is 6.87. The molecule has 1 aliphatic heterocycles. The van der Waals surface area contributed by atoms with Crippen molar-refractivity contribution in [1.82, 2.24) is 15.1 Å². The van der Waals surface area contributed by atoms with Crippen LogP contribution in [-0.2, 0) is 16.1 Å². The molecule has 7 nitrogen and oxygen atoms in total. The highest BCUT2D eigenvalue weighted by atomic mass is 79.9. The summed E-state index contributed by atoms with van der Waals surface area (Å²) in [6.45, 7) is 2.70. The Bertz CT molecular complexity index is 978. The van der Waals surface area contributed by atoms with Crippen LogP contribution in [0.15, 0.2) is 53.0 Å². The van der Waals surface area contributed by atoms with E-state index in [0.717, 1.165) is 10.5 Å². The van der Waals surface area contributed by atoms with Crippen LogP contribution in [0.2, 0.25) is 0 Å². The van der Waals surface area contributed by atoms with Crippen LogP contribution in [0.3, 0.4) is 0 Å². The van der Waals surface area contributed by atoms with Gasteiger partial charge in [-0.25, -0.2) is 0 Å². The molecule has 4 amide bonds. The van der Waals surface area contributed by atoms with E-state index in [4.69, 9.17) is 0 Å². The minimum atomic E-state index is -0.416. The zero-order valence-corrected chi connectivity index (χ0v) is 18.1. The van der Waals surface area contributed by atoms with Gasteiger partial charge >= 0.3 is 0 Å². The Morgan fingerprint density at radius 2 is 1.73 bits per heavy atom. The number of hydrogen-bond acceptors (Lipinski definition) is 4. The van der Waals surface area contributed by atoms with Crippen LogP contribution in [0, 0.1) is 0 Å². The van der Waals surface area contributed by atoms with E-state index in [0.29, 0.717) is 28.7 Å². The first kappa shape index (κ1) is 21.7. The van der Waals surface area contributed by atoms with Crippen LogP contribution in [0.5, 0.6) is 0 Å². The van der Waals surface area contributed by atoms with Crippen LogP contribution in [0.1, 0.15) is 39.6 Å². The third-order valence-electron chi connectivity index (χ3n) is 4.88. The molecule has 0 saturated carbocycles. The summed E-state index contributed by atoms with van der Waals surface area (Å²) < 4.78 is 0.705. The fourth-order valence-electron chi connectivity index (χ4n) is 3.23. The second kappa shape index (κ2) is 9.67. The van der Waals surface area contributed by atoms with E-state index in [2.05, 4.69) is 21.2 Å². The smallest absolute Gasteiger partial charge is 0.261 e. The number of nitrogens with zero attached hydrogens (tertiary/aromatic N) is 2. The lowest BCUT2D eigenvalue weighted by Crippen LogP contribution is -2.41. The van der Waals surface area contributed by atoms with Crippen LogP contribution in [-0.4, -0.2) is 53.1 Å². The minimum absolute atomic E-state index is 0.0362. The molecule has 0 bridgehead atoms. The van der Waals surface area contributed by atoms with Crippen molar-refractivity contribution in [3.8, 4) is 0 Å². The van der Waals surface area contributed by atoms with E-state index < -0.39 is 17.7 Å². The molecule has 156 valence electrons. The van der Waals surface area contributed by atoms with Crippen LogP contribution in [0.25, 0.3) is 0 Å². The van der Waals surface area contributed by atoms with Gasteiger partial charge < -0.3 is 10.2 Å². The fourth-order valence-corrected chi connectivity index (χ4v) is 3.59. The monoisotopic (exact) mass is 471 g/mol. The molecular formula is C22H22BrN3O4. The molecule has 0 fully saturated rings. The topological polar surface area (TPSA) is 86.8 Å². The van der Waals surface area contributed by atoms with Gasteiger partial charge in [0.1, 0.15) is 0 Å². The number of halogens is 1. The average molecular weight is 472 g/mol. The molecule has 0 saturated heterocycles. The normalized spacial score (nSPS) is 12.7. The van der Waals surface area contributed by atoms with Crippen molar-refractivity contribution in [1.29, 1.82) is 0 Å². The van der Waals surface area contributed by atoms with Crippen LogP contribution >= 0.6 is 15.9 Å². The number of imide groups is 1. The maximum atomic E-state index is 12.4. The average Bonchev–Trinajstić information content (AvgIpc) is 2.98. The van der Waals surface area contributed by atoms with Crippen molar-refractivity contribution in [2.75, 3.05) is 19.6 Å². The third-order valence-corrected chi connectivity index (χ3v) is 5.38. The summed E-state index contributed by atoms with van der Waals surface area (Å²) in [6, 6.07) is 14.5. The predicted octanol–water partition coefficient (Wildman–Crippen LogP) is 2.60. The lowest BCUT2D eigenvalue weighted by Gasteiger charge is -2.21. The molecular weight excluding hydrogens is 450 g/mol. The largest absolute Gasteiger partial charge is 0.347 e. The standard InChI is InChI=1S/C22H22BrN3O4/c1-2-25(14-15-6-4-3-5-7-15)20(28)13-24-19(27)10-11-26-21(29)17-9-8-16(23)12-18(17)22(26)30/h3-9,12H,2,10-11,13-14H2,1H3,(H,24,27). The van der Waals surface area contributed by atoms with E-state index in [-0.39, 0.29) is 25.4 Å². The summed E-state index contributed by atoms with van der Waals surface area (Å²) in [5.74, 6) is -1.41. The molecule has 0 radical (unpaired) electrons. The van der Waals surface area contributed by atoms with Crippen LogP contribution in [0.4, 0.5) is 0 Å². The first-order valence-electron chi connectivity index (χ1n) is 9.65. The van der Waals surface area contributed by atoms with Gasteiger partial charge in [-0.05, 0) is 30.7 Å². The van der Waals surface area contributed by atoms with E-state index in [1.807, 2.05) is 37.3 Å². The van der Waals surface area contributed by atoms with Crippen molar-refractivity contribution in [3.63, 3.8) is 0 Å². The van der Waals surface area contributed by atoms with Gasteiger partial charge in [-0.2, -0.15) is 0 Å². The SMILES string of the molecule is CCN(Cc1ccccc1)C(=O)CNC(=O)CCN1C(=O)c2ccc(Br)cc2C1=O. The Hall–Kier alpha value is -3.00. The number of amides is 4. The molecule has 0 aliphatic carbocycles. The van der Waals surface area contributed by atoms with Gasteiger partial charge in [-0.15, -0.1) is 0 Å². The van der Waals surface area contributed by atoms with Crippen molar-refractivity contribution in [2.45, 2.75) is 19.9 Å². The molecule has 0 unspecified atom stereocenters. The van der Waals surface area contributed by atoms with Gasteiger partial charge in [-0.1, -0.05) is 46.3 Å². The number of rotatable bonds is 8. The number of benzene rings is 2. The first-order valence-corrected chi connectivity index (χ1v) is 10.4. The molecule has 0 atom stereocenters. The molecule has 1 aliphatic rings. The molecule has 8 heteroatoms. The summed E-state index contributed by atoms with van der Waals surface area (Å²) in [7, 11) is 0. The number of nitrogens with one attached hydrogen (secondary N) is 1. The van der Waals surface area contributed by atoms with Gasteiger partial charge in [0, 0.05) is 30.5 Å². The second-order valence-corrected chi connectivity index (χ2v) is 7.79. The quantitative estimate of drug-likeness (QED) is 0.599. The molecule has 2 aromatic carbocycles. The number of carbonyl (C=O) groups is 4. The summed E-state index contributed by atoms with van der Waals surface area (Å²) in [5, 5.41) is 2.58. The summed E-state index contributed by atoms with van der Waals surface area (Å²) in [4.78, 5) is 52.1. The zero-order valence-electron chi connectivity index (χ0n) is 16.6. The van der Waals surface area contributed by atoms with E-state index in [9.17, 15) is 19.2 Å². The zero-order chi connectivity index (χ0) is 21.7. The van der Waals surface area contributed by atoms with Gasteiger partial charge in [0.2, 0.25) is 11.8 Å². The third kappa shape index (κ3) is 4.94. The lowest BCUT2D eigenvalue weighted by molar-refractivity contribution is -0.133. The number of hydrogen-bond donors (Lipinski definition) is 1. The minimum Gasteiger partial charge on any atom is -0.347 e. The molecule has 0 spiro atoms. The first-order chi connectivity index (χ1) is 14.4. The van der Waals surface area contributed by atoms with E-state index >= 15 is 0 Å². The van der Waals surface area contributed by atoms with Crippen molar-refractivity contribution in [3.05, 3.63) is 69.7 Å². The van der Waals surface area contributed by atoms with Gasteiger partial charge in [0.25, 0.3) is 11.8 Å². The van der Waals surface area contributed by atoms with Gasteiger partial charge in [-0.3, -0.25) is 24.1 Å². The molecule has 3 rings (SSSR count).